The SMILES string of the molecule is CCCNC(=O)CC(CN)N1CCN(C2CC2)CC1. The number of nitrogens with two attached hydrogens (primary N) is 1. The molecule has 0 aromatic heterocycles. The van der Waals surface area contributed by atoms with Gasteiger partial charge in [-0.1, -0.05) is 6.92 Å². The molecule has 110 valence electrons. The maximum Gasteiger partial charge on any atom is 0.221 e. The minimum absolute atomic E-state index is 0.141. The quantitative estimate of drug-likeness (QED) is 0.683. The van der Waals surface area contributed by atoms with Crippen molar-refractivity contribution in [2.45, 2.75) is 44.7 Å². The van der Waals surface area contributed by atoms with Crippen molar-refractivity contribution in [3.05, 3.63) is 0 Å². The zero-order chi connectivity index (χ0) is 13.7. The van der Waals surface area contributed by atoms with E-state index in [2.05, 4.69) is 22.0 Å². The van der Waals surface area contributed by atoms with Gasteiger partial charge in [0.15, 0.2) is 0 Å². The van der Waals surface area contributed by atoms with Gasteiger partial charge in [-0.3, -0.25) is 14.6 Å². The van der Waals surface area contributed by atoms with Crippen LogP contribution in [0.5, 0.6) is 0 Å². The van der Waals surface area contributed by atoms with Crippen LogP contribution in [0.3, 0.4) is 0 Å². The number of nitrogens with one attached hydrogen (secondary N) is 1. The summed E-state index contributed by atoms with van der Waals surface area (Å²) in [6, 6.07) is 1.06. The summed E-state index contributed by atoms with van der Waals surface area (Å²) in [4.78, 5) is 16.8. The Balaban J connectivity index is 1.73. The molecule has 1 amide bonds. The van der Waals surface area contributed by atoms with Crippen LogP contribution in [0.15, 0.2) is 0 Å². The summed E-state index contributed by atoms with van der Waals surface area (Å²) in [6.07, 6.45) is 4.28. The number of carbonyl (C=O) groups is 1. The molecular weight excluding hydrogens is 240 g/mol. The van der Waals surface area contributed by atoms with Crippen molar-refractivity contribution >= 4 is 5.91 Å². The summed E-state index contributed by atoms with van der Waals surface area (Å²) in [5, 5.41) is 2.94. The number of hydrogen-bond donors (Lipinski definition) is 2. The molecule has 1 unspecified atom stereocenters. The van der Waals surface area contributed by atoms with Crippen LogP contribution < -0.4 is 11.1 Å². The maximum atomic E-state index is 11.8. The average Bonchev–Trinajstić information content (AvgIpc) is 3.27. The van der Waals surface area contributed by atoms with E-state index in [9.17, 15) is 4.79 Å². The molecule has 0 radical (unpaired) electrons. The highest BCUT2D eigenvalue weighted by atomic mass is 16.1. The van der Waals surface area contributed by atoms with Crippen LogP contribution in [-0.2, 0) is 4.79 Å². The molecule has 1 heterocycles. The fraction of sp³-hybridized carbons (Fsp3) is 0.929. The molecule has 0 spiro atoms. The number of piperazine rings is 1. The first kappa shape index (κ1) is 14.8. The van der Waals surface area contributed by atoms with Gasteiger partial charge in [-0.05, 0) is 19.3 Å². The second kappa shape index (κ2) is 7.22. The maximum absolute atomic E-state index is 11.8. The minimum atomic E-state index is 0.141. The molecule has 1 aliphatic heterocycles. The molecule has 1 saturated carbocycles. The molecule has 2 rings (SSSR count). The lowest BCUT2D eigenvalue weighted by Gasteiger charge is -2.38. The Bertz CT molecular complexity index is 285. The van der Waals surface area contributed by atoms with Crippen molar-refractivity contribution in [1.82, 2.24) is 15.1 Å². The third-order valence-corrected chi connectivity index (χ3v) is 4.19. The predicted octanol–water partition coefficient (Wildman–Crippen LogP) is 0.0100. The summed E-state index contributed by atoms with van der Waals surface area (Å²) in [5.74, 6) is 0.141. The lowest BCUT2D eigenvalue weighted by atomic mass is 10.1. The van der Waals surface area contributed by atoms with E-state index in [1.54, 1.807) is 0 Å². The van der Waals surface area contributed by atoms with Crippen LogP contribution in [0, 0.1) is 0 Å². The largest absolute Gasteiger partial charge is 0.356 e. The highest BCUT2D eigenvalue weighted by molar-refractivity contribution is 5.76. The summed E-state index contributed by atoms with van der Waals surface area (Å²) < 4.78 is 0. The minimum Gasteiger partial charge on any atom is -0.356 e. The first-order valence-electron chi connectivity index (χ1n) is 7.69. The second-order valence-electron chi connectivity index (χ2n) is 5.75. The molecule has 1 aliphatic carbocycles. The molecule has 0 aromatic carbocycles. The van der Waals surface area contributed by atoms with Crippen LogP contribution >= 0.6 is 0 Å². The van der Waals surface area contributed by atoms with Crippen LogP contribution in [-0.4, -0.2) is 67.1 Å². The van der Waals surface area contributed by atoms with Gasteiger partial charge in [0.05, 0.1) is 0 Å². The van der Waals surface area contributed by atoms with E-state index in [1.165, 1.54) is 12.8 Å². The summed E-state index contributed by atoms with van der Waals surface area (Å²) in [6.45, 7) is 7.79. The van der Waals surface area contributed by atoms with Crippen molar-refractivity contribution in [3.8, 4) is 0 Å². The highest BCUT2D eigenvalue weighted by Gasteiger charge is 2.32. The zero-order valence-electron chi connectivity index (χ0n) is 12.1. The Hall–Kier alpha value is -0.650. The molecule has 19 heavy (non-hydrogen) atoms. The van der Waals surface area contributed by atoms with E-state index in [0.717, 1.165) is 45.2 Å². The monoisotopic (exact) mass is 268 g/mol. The Kier molecular flexibility index (Phi) is 5.60. The second-order valence-corrected chi connectivity index (χ2v) is 5.75. The van der Waals surface area contributed by atoms with Crippen LogP contribution in [0.4, 0.5) is 0 Å². The van der Waals surface area contributed by atoms with Gasteiger partial charge in [-0.15, -0.1) is 0 Å². The average molecular weight is 268 g/mol. The summed E-state index contributed by atoms with van der Waals surface area (Å²) >= 11 is 0. The molecular formula is C14H28N4O. The van der Waals surface area contributed by atoms with E-state index in [1.807, 2.05) is 0 Å². The van der Waals surface area contributed by atoms with E-state index >= 15 is 0 Å². The van der Waals surface area contributed by atoms with Gasteiger partial charge in [-0.2, -0.15) is 0 Å². The van der Waals surface area contributed by atoms with Gasteiger partial charge in [0.2, 0.25) is 5.91 Å². The fourth-order valence-electron chi connectivity index (χ4n) is 2.82. The molecule has 0 aromatic rings. The third kappa shape index (κ3) is 4.44. The predicted molar refractivity (Wildman–Crippen MR) is 76.9 cm³/mol. The zero-order valence-corrected chi connectivity index (χ0v) is 12.1. The molecule has 1 atom stereocenters. The Morgan fingerprint density at radius 3 is 2.53 bits per heavy atom. The van der Waals surface area contributed by atoms with Gasteiger partial charge in [0.1, 0.15) is 0 Å². The lowest BCUT2D eigenvalue weighted by molar-refractivity contribution is -0.122. The van der Waals surface area contributed by atoms with Crippen molar-refractivity contribution in [2.24, 2.45) is 5.73 Å². The van der Waals surface area contributed by atoms with Gasteiger partial charge in [0.25, 0.3) is 0 Å². The van der Waals surface area contributed by atoms with Crippen LogP contribution in [0.1, 0.15) is 32.6 Å². The number of nitrogens with zero attached hydrogens (tertiary/aromatic N) is 2. The molecule has 2 fully saturated rings. The smallest absolute Gasteiger partial charge is 0.221 e. The molecule has 5 nitrogen and oxygen atoms in total. The Labute approximate surface area is 116 Å². The Morgan fingerprint density at radius 2 is 2.00 bits per heavy atom. The number of rotatable bonds is 7. The standard InChI is InChI=1S/C14H28N4O/c1-2-5-16-14(19)10-13(11-15)18-8-6-17(7-9-18)12-3-4-12/h12-13H,2-11,15H2,1H3,(H,16,19). The number of hydrogen-bond acceptors (Lipinski definition) is 4. The van der Waals surface area contributed by atoms with E-state index in [4.69, 9.17) is 5.73 Å². The molecule has 2 aliphatic rings. The van der Waals surface area contributed by atoms with Gasteiger partial charge in [0, 0.05) is 57.8 Å². The number of amides is 1. The molecule has 1 saturated heterocycles. The first-order chi connectivity index (χ1) is 9.24. The first-order valence-corrected chi connectivity index (χ1v) is 7.69. The lowest BCUT2D eigenvalue weighted by Crippen LogP contribution is -2.53. The molecule has 0 bridgehead atoms. The summed E-state index contributed by atoms with van der Waals surface area (Å²) in [5.41, 5.74) is 5.85. The normalized spacial score (nSPS) is 23.3. The van der Waals surface area contributed by atoms with Crippen molar-refractivity contribution in [1.29, 1.82) is 0 Å². The summed E-state index contributed by atoms with van der Waals surface area (Å²) in [7, 11) is 0. The van der Waals surface area contributed by atoms with E-state index in [0.29, 0.717) is 13.0 Å². The van der Waals surface area contributed by atoms with Gasteiger partial charge >= 0.3 is 0 Å². The number of carbonyl (C=O) groups excluding carboxylic acids is 1. The molecule has 5 heteroatoms. The van der Waals surface area contributed by atoms with Crippen molar-refractivity contribution in [3.63, 3.8) is 0 Å². The van der Waals surface area contributed by atoms with Crippen molar-refractivity contribution < 1.29 is 4.79 Å². The van der Waals surface area contributed by atoms with E-state index in [-0.39, 0.29) is 11.9 Å². The highest BCUT2D eigenvalue weighted by Crippen LogP contribution is 2.27. The van der Waals surface area contributed by atoms with Gasteiger partial charge in [-0.25, -0.2) is 0 Å². The van der Waals surface area contributed by atoms with E-state index < -0.39 is 0 Å². The van der Waals surface area contributed by atoms with Crippen LogP contribution in [0.25, 0.3) is 0 Å². The molecule has 3 N–H and O–H groups in total. The van der Waals surface area contributed by atoms with Gasteiger partial charge < -0.3 is 11.1 Å². The topological polar surface area (TPSA) is 61.6 Å². The fourth-order valence-corrected chi connectivity index (χ4v) is 2.82. The van der Waals surface area contributed by atoms with Crippen molar-refractivity contribution in [2.75, 3.05) is 39.3 Å². The third-order valence-electron chi connectivity index (χ3n) is 4.19. The van der Waals surface area contributed by atoms with Crippen LogP contribution in [0.2, 0.25) is 0 Å². The Morgan fingerprint density at radius 1 is 1.32 bits per heavy atom.